The maximum absolute atomic E-state index is 12.4. The third-order valence-corrected chi connectivity index (χ3v) is 3.73. The summed E-state index contributed by atoms with van der Waals surface area (Å²) in [6.07, 6.45) is 0.417. The van der Waals surface area contributed by atoms with Crippen LogP contribution in [0.4, 0.5) is 0 Å². The molecule has 2 amide bonds. The van der Waals surface area contributed by atoms with Crippen LogP contribution >= 0.6 is 0 Å². The number of fused-ring (bicyclic) bond motifs is 1. The van der Waals surface area contributed by atoms with E-state index in [1.54, 1.807) is 0 Å². The number of nitrogens with zero attached hydrogens (tertiary/aromatic N) is 1. The van der Waals surface area contributed by atoms with Gasteiger partial charge in [-0.25, -0.2) is 4.98 Å². The van der Waals surface area contributed by atoms with Crippen molar-refractivity contribution in [2.75, 3.05) is 0 Å². The van der Waals surface area contributed by atoms with Crippen molar-refractivity contribution in [3.63, 3.8) is 0 Å². The molecule has 0 saturated carbocycles. The first-order chi connectivity index (χ1) is 11.4. The van der Waals surface area contributed by atoms with Crippen molar-refractivity contribution in [2.45, 2.75) is 46.7 Å². The predicted molar refractivity (Wildman–Crippen MR) is 94.2 cm³/mol. The second-order valence-corrected chi connectivity index (χ2v) is 6.81. The summed E-state index contributed by atoms with van der Waals surface area (Å²) in [6.45, 7) is 8.09. The topological polar surface area (TPSA) is 86.9 Å². The van der Waals surface area contributed by atoms with Gasteiger partial charge >= 0.3 is 0 Å². The minimum Gasteiger partial charge on any atom is -0.347 e. The lowest BCUT2D eigenvalue weighted by Gasteiger charge is -2.22. The molecule has 1 atom stereocenters. The minimum atomic E-state index is -0.541. The highest BCUT2D eigenvalue weighted by Crippen LogP contribution is 2.10. The molecule has 0 aliphatic carbocycles. The van der Waals surface area contributed by atoms with E-state index >= 15 is 0 Å². The van der Waals surface area contributed by atoms with Gasteiger partial charge in [-0.05, 0) is 24.0 Å². The number of rotatable bonds is 7. The number of aromatic amines is 1. The molecular formula is C18H26N4O2. The van der Waals surface area contributed by atoms with E-state index in [1.807, 2.05) is 52.0 Å². The van der Waals surface area contributed by atoms with Crippen LogP contribution in [-0.2, 0) is 16.1 Å². The van der Waals surface area contributed by atoms with E-state index in [9.17, 15) is 9.59 Å². The second kappa shape index (κ2) is 7.95. The summed E-state index contributed by atoms with van der Waals surface area (Å²) >= 11 is 0. The van der Waals surface area contributed by atoms with Gasteiger partial charge in [-0.2, -0.15) is 0 Å². The lowest BCUT2D eigenvalue weighted by molar-refractivity contribution is -0.130. The van der Waals surface area contributed by atoms with E-state index in [-0.39, 0.29) is 23.7 Å². The first-order valence-electron chi connectivity index (χ1n) is 8.37. The number of imidazole rings is 1. The van der Waals surface area contributed by atoms with E-state index in [2.05, 4.69) is 20.6 Å². The zero-order valence-electron chi connectivity index (χ0n) is 14.7. The highest BCUT2D eigenvalue weighted by molar-refractivity contribution is 5.87. The molecule has 1 aromatic heterocycles. The summed E-state index contributed by atoms with van der Waals surface area (Å²) in [7, 11) is 0. The molecule has 0 fully saturated rings. The quantitative estimate of drug-likeness (QED) is 0.728. The normalized spacial score (nSPS) is 12.6. The fraction of sp³-hybridized carbons (Fsp3) is 0.500. The predicted octanol–water partition coefficient (Wildman–Crippen LogP) is 2.37. The third kappa shape index (κ3) is 4.81. The van der Waals surface area contributed by atoms with Gasteiger partial charge in [-0.3, -0.25) is 9.59 Å². The summed E-state index contributed by atoms with van der Waals surface area (Å²) in [5, 5.41) is 5.68. The fourth-order valence-electron chi connectivity index (χ4n) is 2.51. The van der Waals surface area contributed by atoms with Crippen LogP contribution in [0.1, 0.15) is 39.9 Å². The van der Waals surface area contributed by atoms with Crippen LogP contribution in [0.2, 0.25) is 0 Å². The molecule has 1 heterocycles. The highest BCUT2D eigenvalue weighted by atomic mass is 16.2. The summed E-state index contributed by atoms with van der Waals surface area (Å²) in [5.74, 6) is 0.680. The van der Waals surface area contributed by atoms with Crippen LogP contribution < -0.4 is 10.6 Å². The van der Waals surface area contributed by atoms with Gasteiger partial charge in [0.1, 0.15) is 11.9 Å². The van der Waals surface area contributed by atoms with Crippen LogP contribution in [0.25, 0.3) is 11.0 Å². The Labute approximate surface area is 142 Å². The Balaban J connectivity index is 1.96. The molecule has 24 heavy (non-hydrogen) atoms. The summed E-state index contributed by atoms with van der Waals surface area (Å²) < 4.78 is 0. The molecule has 0 bridgehead atoms. The number of hydrogen-bond donors (Lipinski definition) is 3. The number of nitrogens with one attached hydrogen (secondary N) is 3. The van der Waals surface area contributed by atoms with Crippen molar-refractivity contribution in [3.8, 4) is 0 Å². The molecule has 0 spiro atoms. The Morgan fingerprint density at radius 3 is 2.50 bits per heavy atom. The van der Waals surface area contributed by atoms with E-state index in [0.29, 0.717) is 18.8 Å². The Hall–Kier alpha value is -2.37. The van der Waals surface area contributed by atoms with Gasteiger partial charge in [0.05, 0.1) is 17.6 Å². The average molecular weight is 330 g/mol. The monoisotopic (exact) mass is 330 g/mol. The number of benzene rings is 1. The number of carbonyl (C=O) groups is 2. The van der Waals surface area contributed by atoms with Gasteiger partial charge in [0.2, 0.25) is 11.8 Å². The average Bonchev–Trinajstić information content (AvgIpc) is 2.92. The molecule has 0 aliphatic rings. The van der Waals surface area contributed by atoms with E-state index in [0.717, 1.165) is 11.0 Å². The van der Waals surface area contributed by atoms with Crippen molar-refractivity contribution >= 4 is 22.8 Å². The van der Waals surface area contributed by atoms with Gasteiger partial charge in [0.25, 0.3) is 0 Å². The smallest absolute Gasteiger partial charge is 0.243 e. The molecule has 1 aromatic carbocycles. The summed E-state index contributed by atoms with van der Waals surface area (Å²) in [6, 6.07) is 7.17. The van der Waals surface area contributed by atoms with Gasteiger partial charge in [-0.1, -0.05) is 39.8 Å². The maximum atomic E-state index is 12.4. The highest BCUT2D eigenvalue weighted by Gasteiger charge is 2.24. The molecule has 6 nitrogen and oxygen atoms in total. The number of carbonyl (C=O) groups excluding carboxylic acids is 2. The van der Waals surface area contributed by atoms with Gasteiger partial charge in [0.15, 0.2) is 0 Å². The third-order valence-electron chi connectivity index (χ3n) is 3.73. The fourth-order valence-corrected chi connectivity index (χ4v) is 2.51. The Bertz CT molecular complexity index is 673. The largest absolute Gasteiger partial charge is 0.347 e. The molecule has 130 valence electrons. The van der Waals surface area contributed by atoms with Gasteiger partial charge in [0, 0.05) is 6.42 Å². The maximum Gasteiger partial charge on any atom is 0.243 e. The number of hydrogen-bond acceptors (Lipinski definition) is 3. The SMILES string of the molecule is CC(C)CC(=O)NC(C(=O)NCc1nc2ccccc2[nH]1)C(C)C. The zero-order chi connectivity index (χ0) is 17.7. The number of H-pyrrole nitrogens is 1. The molecule has 6 heteroatoms. The molecule has 0 radical (unpaired) electrons. The Morgan fingerprint density at radius 2 is 1.88 bits per heavy atom. The van der Waals surface area contributed by atoms with Crippen LogP contribution in [0.3, 0.4) is 0 Å². The van der Waals surface area contributed by atoms with E-state index in [1.165, 1.54) is 0 Å². The van der Waals surface area contributed by atoms with E-state index < -0.39 is 6.04 Å². The van der Waals surface area contributed by atoms with Crippen LogP contribution in [0.15, 0.2) is 24.3 Å². The van der Waals surface area contributed by atoms with E-state index in [4.69, 9.17) is 0 Å². The Morgan fingerprint density at radius 1 is 1.17 bits per heavy atom. The lowest BCUT2D eigenvalue weighted by atomic mass is 10.0. The number of amides is 2. The molecular weight excluding hydrogens is 304 g/mol. The Kier molecular flexibility index (Phi) is 5.95. The minimum absolute atomic E-state index is 0.0109. The van der Waals surface area contributed by atoms with Crippen molar-refractivity contribution in [2.24, 2.45) is 11.8 Å². The van der Waals surface area contributed by atoms with Crippen molar-refractivity contribution in [1.29, 1.82) is 0 Å². The molecule has 0 aliphatic heterocycles. The van der Waals surface area contributed by atoms with Crippen LogP contribution in [0, 0.1) is 11.8 Å². The molecule has 3 N–H and O–H groups in total. The first kappa shape index (κ1) is 18.0. The number of para-hydroxylation sites is 2. The van der Waals surface area contributed by atoms with Crippen molar-refractivity contribution in [3.05, 3.63) is 30.1 Å². The first-order valence-corrected chi connectivity index (χ1v) is 8.37. The van der Waals surface area contributed by atoms with Crippen molar-refractivity contribution in [1.82, 2.24) is 20.6 Å². The molecule has 2 aromatic rings. The summed E-state index contributed by atoms with van der Waals surface area (Å²) in [5.41, 5.74) is 1.81. The second-order valence-electron chi connectivity index (χ2n) is 6.81. The van der Waals surface area contributed by atoms with Crippen LogP contribution in [-0.4, -0.2) is 27.8 Å². The summed E-state index contributed by atoms with van der Waals surface area (Å²) in [4.78, 5) is 32.0. The van der Waals surface area contributed by atoms with Gasteiger partial charge in [-0.15, -0.1) is 0 Å². The van der Waals surface area contributed by atoms with Crippen LogP contribution in [0.5, 0.6) is 0 Å². The number of aromatic nitrogens is 2. The molecule has 0 saturated heterocycles. The van der Waals surface area contributed by atoms with Crippen molar-refractivity contribution < 1.29 is 9.59 Å². The molecule has 1 unspecified atom stereocenters. The standard InChI is InChI=1S/C18H26N4O2/c1-11(2)9-16(23)22-17(12(3)4)18(24)19-10-15-20-13-7-5-6-8-14(13)21-15/h5-8,11-12,17H,9-10H2,1-4H3,(H,19,24)(H,20,21)(H,22,23). The van der Waals surface area contributed by atoms with Gasteiger partial charge < -0.3 is 15.6 Å². The molecule has 2 rings (SSSR count). The lowest BCUT2D eigenvalue weighted by Crippen LogP contribution is -2.49. The zero-order valence-corrected chi connectivity index (χ0v) is 14.7.